The van der Waals surface area contributed by atoms with Crippen molar-refractivity contribution < 1.29 is 14.3 Å². The minimum Gasteiger partial charge on any atom is -0.504 e. The Morgan fingerprint density at radius 1 is 1.14 bits per heavy atom. The second-order valence-corrected chi connectivity index (χ2v) is 6.57. The van der Waals surface area contributed by atoms with E-state index in [0.717, 1.165) is 5.56 Å². The first-order chi connectivity index (χ1) is 13.6. The second-order valence-electron chi connectivity index (χ2n) is 5.72. The summed E-state index contributed by atoms with van der Waals surface area (Å²) in [5, 5.41) is 1.11. The number of halogens is 2. The van der Waals surface area contributed by atoms with Crippen molar-refractivity contribution in [3.63, 3.8) is 0 Å². The average Bonchev–Trinajstić information content (AvgIpc) is 3.07. The molecule has 0 N–H and O–H groups in total. The zero-order valence-electron chi connectivity index (χ0n) is 15.4. The highest BCUT2D eigenvalue weighted by Gasteiger charge is 2.24. The average molecular weight is 417 g/mol. The van der Waals surface area contributed by atoms with Gasteiger partial charge in [-0.25, -0.2) is 9.78 Å². The lowest BCUT2D eigenvalue weighted by Crippen LogP contribution is -2.08. The number of imidazole rings is 1. The molecule has 1 heterocycles. The summed E-state index contributed by atoms with van der Waals surface area (Å²) in [4.78, 5) is 17.1. The lowest BCUT2D eigenvalue weighted by atomic mass is 10.2. The molecule has 7 heteroatoms. The van der Waals surface area contributed by atoms with Gasteiger partial charge in [0.2, 0.25) is 0 Å². The van der Waals surface area contributed by atoms with Gasteiger partial charge >= 0.3 is 5.97 Å². The van der Waals surface area contributed by atoms with Crippen LogP contribution in [0.3, 0.4) is 0 Å². The number of hydrogen-bond acceptors (Lipinski definition) is 4. The molecule has 0 unspecified atom stereocenters. The molecule has 0 radical (unpaired) electrons. The quantitative estimate of drug-likeness (QED) is 0.385. The van der Waals surface area contributed by atoms with Gasteiger partial charge in [0.15, 0.2) is 5.69 Å². The summed E-state index contributed by atoms with van der Waals surface area (Å²) in [7, 11) is 1.52. The fourth-order valence-corrected chi connectivity index (χ4v) is 3.08. The van der Waals surface area contributed by atoms with Gasteiger partial charge in [0.25, 0.3) is 0 Å². The molecule has 3 aromatic rings. The van der Waals surface area contributed by atoms with Crippen molar-refractivity contribution in [2.45, 2.75) is 6.92 Å². The van der Waals surface area contributed by atoms with Crippen molar-refractivity contribution in [3.8, 4) is 17.1 Å². The fourth-order valence-electron chi connectivity index (χ4n) is 2.74. The van der Waals surface area contributed by atoms with Crippen molar-refractivity contribution in [1.29, 1.82) is 0 Å². The molecule has 0 saturated carbocycles. The summed E-state index contributed by atoms with van der Waals surface area (Å²) < 4.78 is 12.1. The Labute approximate surface area is 173 Å². The van der Waals surface area contributed by atoms with E-state index in [9.17, 15) is 4.79 Å². The SMILES string of the molecule is CCOC(=O)c1nc(-c2ccc(Cl)cc2)n(-c2ccccc2Cl)c1/C=C/OC. The molecule has 144 valence electrons. The van der Waals surface area contributed by atoms with Gasteiger partial charge in [-0.15, -0.1) is 0 Å². The standard InChI is InChI=1S/C21H18Cl2N2O3/c1-3-28-21(26)19-18(12-13-27-2)25(17-7-5-4-6-16(17)23)20(24-19)14-8-10-15(22)11-9-14/h4-13H,3H2,1-2H3/b13-12+. The van der Waals surface area contributed by atoms with E-state index in [2.05, 4.69) is 4.98 Å². The summed E-state index contributed by atoms with van der Waals surface area (Å²) in [6, 6.07) is 14.5. The third kappa shape index (κ3) is 4.06. The number of carbonyl (C=O) groups is 1. The minimum atomic E-state index is -0.528. The van der Waals surface area contributed by atoms with E-state index in [0.29, 0.717) is 27.3 Å². The van der Waals surface area contributed by atoms with Crippen molar-refractivity contribution in [2.24, 2.45) is 0 Å². The van der Waals surface area contributed by atoms with Gasteiger partial charge in [-0.1, -0.05) is 35.3 Å². The van der Waals surface area contributed by atoms with Crippen molar-refractivity contribution in [3.05, 3.63) is 76.2 Å². The molecule has 0 aliphatic heterocycles. The number of aromatic nitrogens is 2. The minimum absolute atomic E-state index is 0.167. The highest BCUT2D eigenvalue weighted by atomic mass is 35.5. The van der Waals surface area contributed by atoms with Crippen LogP contribution in [0.2, 0.25) is 10.0 Å². The van der Waals surface area contributed by atoms with E-state index in [1.807, 2.05) is 30.3 Å². The van der Waals surface area contributed by atoms with Gasteiger partial charge in [-0.3, -0.25) is 4.57 Å². The maximum Gasteiger partial charge on any atom is 0.359 e. The zero-order chi connectivity index (χ0) is 20.1. The maximum atomic E-state index is 12.6. The summed E-state index contributed by atoms with van der Waals surface area (Å²) in [6.07, 6.45) is 3.13. The first-order valence-electron chi connectivity index (χ1n) is 8.56. The topological polar surface area (TPSA) is 53.3 Å². The zero-order valence-corrected chi connectivity index (χ0v) is 16.9. The molecule has 3 rings (SSSR count). The monoisotopic (exact) mass is 416 g/mol. The normalized spacial score (nSPS) is 11.0. The second kappa shape index (κ2) is 8.95. The molecule has 0 spiro atoms. The van der Waals surface area contributed by atoms with Gasteiger partial charge in [0.1, 0.15) is 5.82 Å². The largest absolute Gasteiger partial charge is 0.504 e. The van der Waals surface area contributed by atoms with Crippen LogP contribution in [0.5, 0.6) is 0 Å². The molecule has 0 atom stereocenters. The van der Waals surface area contributed by atoms with Gasteiger partial charge in [-0.05, 0) is 49.4 Å². The van der Waals surface area contributed by atoms with Crippen molar-refractivity contribution in [2.75, 3.05) is 13.7 Å². The van der Waals surface area contributed by atoms with E-state index < -0.39 is 5.97 Å². The van der Waals surface area contributed by atoms with E-state index >= 15 is 0 Å². The predicted molar refractivity (Wildman–Crippen MR) is 111 cm³/mol. The van der Waals surface area contributed by atoms with Crippen LogP contribution in [0.25, 0.3) is 23.2 Å². The Kier molecular flexibility index (Phi) is 6.39. The molecule has 0 saturated heterocycles. The van der Waals surface area contributed by atoms with E-state index in [1.54, 1.807) is 35.8 Å². The lowest BCUT2D eigenvalue weighted by Gasteiger charge is -2.12. The highest BCUT2D eigenvalue weighted by molar-refractivity contribution is 6.32. The van der Waals surface area contributed by atoms with Gasteiger partial charge in [-0.2, -0.15) is 0 Å². The van der Waals surface area contributed by atoms with E-state index in [-0.39, 0.29) is 12.3 Å². The van der Waals surface area contributed by atoms with Gasteiger partial charge < -0.3 is 9.47 Å². The number of rotatable bonds is 6. The molecular formula is C21H18Cl2N2O3. The number of benzene rings is 2. The lowest BCUT2D eigenvalue weighted by molar-refractivity contribution is 0.0520. The molecule has 0 aliphatic rings. The summed E-state index contributed by atoms with van der Waals surface area (Å²) in [5.41, 5.74) is 2.11. The van der Waals surface area contributed by atoms with Crippen molar-refractivity contribution in [1.82, 2.24) is 9.55 Å². The Balaban J connectivity index is 2.34. The fraction of sp³-hybridized carbons (Fsp3) is 0.143. The predicted octanol–water partition coefficient (Wildman–Crippen LogP) is 5.64. The number of methoxy groups -OCH3 is 1. The molecule has 5 nitrogen and oxygen atoms in total. The maximum absolute atomic E-state index is 12.6. The summed E-state index contributed by atoms with van der Waals surface area (Å²) >= 11 is 12.5. The first kappa shape index (κ1) is 20.0. The molecule has 1 aromatic heterocycles. The number of ether oxygens (including phenoxy) is 2. The Morgan fingerprint density at radius 2 is 1.86 bits per heavy atom. The van der Waals surface area contributed by atoms with Crippen LogP contribution in [0.1, 0.15) is 23.1 Å². The number of esters is 1. The molecule has 0 fully saturated rings. The van der Waals surface area contributed by atoms with E-state index in [4.69, 9.17) is 32.7 Å². The number of carbonyl (C=O) groups excluding carboxylic acids is 1. The Hall–Kier alpha value is -2.76. The molecule has 2 aromatic carbocycles. The first-order valence-corrected chi connectivity index (χ1v) is 9.32. The van der Waals surface area contributed by atoms with Gasteiger partial charge in [0.05, 0.1) is 36.4 Å². The van der Waals surface area contributed by atoms with Crippen LogP contribution in [-0.2, 0) is 9.47 Å². The van der Waals surface area contributed by atoms with Gasteiger partial charge in [0, 0.05) is 10.6 Å². The van der Waals surface area contributed by atoms with Crippen LogP contribution >= 0.6 is 23.2 Å². The van der Waals surface area contributed by atoms with Crippen LogP contribution < -0.4 is 0 Å². The smallest absolute Gasteiger partial charge is 0.359 e. The molecule has 0 bridgehead atoms. The van der Waals surface area contributed by atoms with Crippen LogP contribution in [-0.4, -0.2) is 29.2 Å². The third-order valence-corrected chi connectivity index (χ3v) is 4.51. The van der Waals surface area contributed by atoms with Crippen LogP contribution in [0.4, 0.5) is 0 Å². The molecule has 0 aliphatic carbocycles. The summed E-state index contributed by atoms with van der Waals surface area (Å²) in [6.45, 7) is 1.98. The Morgan fingerprint density at radius 3 is 2.50 bits per heavy atom. The van der Waals surface area contributed by atoms with Crippen LogP contribution in [0, 0.1) is 0 Å². The third-order valence-electron chi connectivity index (χ3n) is 3.94. The van der Waals surface area contributed by atoms with Crippen LogP contribution in [0.15, 0.2) is 54.8 Å². The number of nitrogens with zero attached hydrogens (tertiary/aromatic N) is 2. The number of para-hydroxylation sites is 1. The Bertz CT molecular complexity index is 1010. The number of hydrogen-bond donors (Lipinski definition) is 0. The summed E-state index contributed by atoms with van der Waals surface area (Å²) in [5.74, 6) is 0.00263. The van der Waals surface area contributed by atoms with E-state index in [1.165, 1.54) is 13.4 Å². The molecular weight excluding hydrogens is 399 g/mol. The van der Waals surface area contributed by atoms with Crippen molar-refractivity contribution >= 4 is 35.2 Å². The molecule has 0 amide bonds. The highest BCUT2D eigenvalue weighted by Crippen LogP contribution is 2.32. The molecule has 28 heavy (non-hydrogen) atoms.